The third-order valence-corrected chi connectivity index (χ3v) is 2.54. The predicted octanol–water partition coefficient (Wildman–Crippen LogP) is 1.27. The van der Waals surface area contributed by atoms with Crippen molar-refractivity contribution in [1.29, 1.82) is 0 Å². The normalized spacial score (nSPS) is 11.2. The third-order valence-electron chi connectivity index (χ3n) is 2.54. The second kappa shape index (κ2) is 6.48. The van der Waals surface area contributed by atoms with Crippen molar-refractivity contribution < 1.29 is 14.5 Å². The number of hydrogen-bond donors (Lipinski definition) is 0. The van der Waals surface area contributed by atoms with Crippen LogP contribution in [0, 0.1) is 10.1 Å². The van der Waals surface area contributed by atoms with Crippen LogP contribution >= 0.6 is 0 Å². The molecule has 0 aliphatic carbocycles. The van der Waals surface area contributed by atoms with Crippen molar-refractivity contribution in [3.8, 4) is 0 Å². The number of pyridine rings is 1. The number of carbonyl (C=O) groups is 1. The minimum Gasteiger partial charge on any atom is -0.466 e. The average molecular weight is 266 g/mol. The number of nitrogens with zero attached hydrogens (tertiary/aromatic N) is 2. The maximum atomic E-state index is 11.5. The van der Waals surface area contributed by atoms with Gasteiger partial charge in [0.2, 0.25) is 0 Å². The van der Waals surface area contributed by atoms with E-state index in [0.717, 1.165) is 22.9 Å². The molecule has 0 spiro atoms. The average Bonchev–Trinajstić information content (AvgIpc) is 2.40. The van der Waals surface area contributed by atoms with Crippen LogP contribution in [-0.2, 0) is 16.1 Å². The van der Waals surface area contributed by atoms with E-state index in [9.17, 15) is 19.7 Å². The van der Waals surface area contributed by atoms with Gasteiger partial charge in [-0.15, -0.1) is 0 Å². The zero-order valence-electron chi connectivity index (χ0n) is 10.7. The summed E-state index contributed by atoms with van der Waals surface area (Å²) in [6.07, 6.45) is 3.12. The molecule has 0 aromatic carbocycles. The van der Waals surface area contributed by atoms with Gasteiger partial charge >= 0.3 is 5.97 Å². The van der Waals surface area contributed by atoms with Gasteiger partial charge in [0.25, 0.3) is 11.2 Å². The Morgan fingerprint density at radius 2 is 2.21 bits per heavy atom. The summed E-state index contributed by atoms with van der Waals surface area (Å²) in [6, 6.07) is 2.26. The third kappa shape index (κ3) is 3.77. The Kier molecular flexibility index (Phi) is 4.99. The van der Waals surface area contributed by atoms with Crippen molar-refractivity contribution in [3.05, 3.63) is 50.4 Å². The number of carbonyl (C=O) groups excluding carboxylic acids is 1. The molecule has 0 aliphatic heterocycles. The van der Waals surface area contributed by atoms with Crippen LogP contribution in [0.1, 0.15) is 13.3 Å². The van der Waals surface area contributed by atoms with Crippen molar-refractivity contribution in [2.75, 3.05) is 7.11 Å². The van der Waals surface area contributed by atoms with E-state index < -0.39 is 10.9 Å². The summed E-state index contributed by atoms with van der Waals surface area (Å²) in [4.78, 5) is 32.9. The van der Waals surface area contributed by atoms with Crippen molar-refractivity contribution in [2.45, 2.75) is 19.9 Å². The Labute approximate surface area is 109 Å². The standard InChI is InChI=1S/C12H14N2O5/c1-3-9(12(16)19-2)6-7-13-8-10(14(17)18)4-5-11(13)15/h4-6,8H,3,7H2,1-2H3. The largest absolute Gasteiger partial charge is 0.466 e. The molecule has 0 amide bonds. The maximum absolute atomic E-state index is 11.5. The van der Waals surface area contributed by atoms with E-state index in [0.29, 0.717) is 12.0 Å². The molecule has 1 rings (SSSR count). The topological polar surface area (TPSA) is 91.4 Å². The van der Waals surface area contributed by atoms with Crippen LogP contribution in [0.3, 0.4) is 0 Å². The summed E-state index contributed by atoms with van der Waals surface area (Å²) >= 11 is 0. The number of allylic oxidation sites excluding steroid dienone is 1. The fourth-order valence-electron chi connectivity index (χ4n) is 1.48. The molecular weight excluding hydrogens is 252 g/mol. The molecule has 0 bridgehead atoms. The summed E-state index contributed by atoms with van der Waals surface area (Å²) in [5, 5.41) is 10.6. The number of methoxy groups -OCH3 is 1. The van der Waals surface area contributed by atoms with Gasteiger partial charge in [0.15, 0.2) is 0 Å². The lowest BCUT2D eigenvalue weighted by atomic mass is 10.2. The molecule has 0 N–H and O–H groups in total. The zero-order chi connectivity index (χ0) is 14.4. The van der Waals surface area contributed by atoms with Crippen molar-refractivity contribution in [3.63, 3.8) is 0 Å². The number of hydrogen-bond acceptors (Lipinski definition) is 5. The highest BCUT2D eigenvalue weighted by Gasteiger charge is 2.09. The molecule has 0 aliphatic rings. The Morgan fingerprint density at radius 1 is 1.53 bits per heavy atom. The van der Waals surface area contributed by atoms with E-state index in [1.54, 1.807) is 6.92 Å². The molecule has 102 valence electrons. The van der Waals surface area contributed by atoms with Gasteiger partial charge < -0.3 is 9.30 Å². The van der Waals surface area contributed by atoms with Gasteiger partial charge in [0, 0.05) is 24.3 Å². The summed E-state index contributed by atoms with van der Waals surface area (Å²) in [5.74, 6) is -0.471. The van der Waals surface area contributed by atoms with Crippen molar-refractivity contribution in [1.82, 2.24) is 4.57 Å². The van der Waals surface area contributed by atoms with E-state index in [2.05, 4.69) is 4.74 Å². The van der Waals surface area contributed by atoms with Gasteiger partial charge in [0.05, 0.1) is 18.2 Å². The minimum absolute atomic E-state index is 0.0821. The molecule has 0 radical (unpaired) electrons. The lowest BCUT2D eigenvalue weighted by molar-refractivity contribution is -0.385. The molecule has 1 aromatic rings. The monoisotopic (exact) mass is 266 g/mol. The van der Waals surface area contributed by atoms with Crippen LogP contribution in [0.2, 0.25) is 0 Å². The van der Waals surface area contributed by atoms with Gasteiger partial charge in [-0.2, -0.15) is 0 Å². The van der Waals surface area contributed by atoms with Crippen LogP contribution in [0.15, 0.2) is 34.8 Å². The first-order valence-corrected chi connectivity index (χ1v) is 5.61. The van der Waals surface area contributed by atoms with Crippen molar-refractivity contribution >= 4 is 11.7 Å². The van der Waals surface area contributed by atoms with Gasteiger partial charge in [-0.3, -0.25) is 14.9 Å². The highest BCUT2D eigenvalue weighted by atomic mass is 16.6. The smallest absolute Gasteiger partial charge is 0.333 e. The highest BCUT2D eigenvalue weighted by molar-refractivity contribution is 5.88. The van der Waals surface area contributed by atoms with Crippen LogP contribution in [0.25, 0.3) is 0 Å². The number of esters is 1. The fraction of sp³-hybridized carbons (Fsp3) is 0.333. The van der Waals surface area contributed by atoms with E-state index >= 15 is 0 Å². The molecular formula is C12H14N2O5. The molecule has 7 heteroatoms. The quantitative estimate of drug-likeness (QED) is 0.346. The van der Waals surface area contributed by atoms with E-state index in [1.165, 1.54) is 13.2 Å². The number of aromatic nitrogens is 1. The van der Waals surface area contributed by atoms with Crippen LogP contribution in [0.5, 0.6) is 0 Å². The molecule has 0 saturated heterocycles. The Balaban J connectivity index is 3.02. The van der Waals surface area contributed by atoms with Gasteiger partial charge in [-0.25, -0.2) is 4.79 Å². The zero-order valence-corrected chi connectivity index (χ0v) is 10.7. The Bertz CT molecular complexity index is 574. The molecule has 0 saturated carbocycles. The highest BCUT2D eigenvalue weighted by Crippen LogP contribution is 2.08. The van der Waals surface area contributed by atoms with Crippen molar-refractivity contribution in [2.24, 2.45) is 0 Å². The Morgan fingerprint density at radius 3 is 2.74 bits per heavy atom. The first kappa shape index (κ1) is 14.6. The lowest BCUT2D eigenvalue weighted by Crippen LogP contribution is -2.18. The van der Waals surface area contributed by atoms with E-state index in [1.807, 2.05) is 0 Å². The van der Waals surface area contributed by atoms with Crippen LogP contribution < -0.4 is 5.56 Å². The van der Waals surface area contributed by atoms with E-state index in [-0.39, 0.29) is 17.8 Å². The lowest BCUT2D eigenvalue weighted by Gasteiger charge is -2.04. The fourth-order valence-corrected chi connectivity index (χ4v) is 1.48. The second-order valence-corrected chi connectivity index (χ2v) is 3.71. The number of rotatable bonds is 5. The molecule has 0 atom stereocenters. The molecule has 0 unspecified atom stereocenters. The first-order chi connectivity index (χ1) is 8.99. The second-order valence-electron chi connectivity index (χ2n) is 3.71. The number of ether oxygens (including phenoxy) is 1. The minimum atomic E-state index is -0.583. The number of nitro groups is 1. The molecule has 7 nitrogen and oxygen atoms in total. The SMILES string of the molecule is CCC(=CCn1cc([N+](=O)[O-])ccc1=O)C(=O)OC. The summed E-state index contributed by atoms with van der Waals surface area (Å²) in [7, 11) is 1.27. The molecule has 19 heavy (non-hydrogen) atoms. The summed E-state index contributed by atoms with van der Waals surface area (Å²) in [5.41, 5.74) is -0.132. The van der Waals surface area contributed by atoms with Crippen LogP contribution in [-0.4, -0.2) is 22.6 Å². The van der Waals surface area contributed by atoms with Crippen LogP contribution in [0.4, 0.5) is 5.69 Å². The first-order valence-electron chi connectivity index (χ1n) is 5.61. The maximum Gasteiger partial charge on any atom is 0.333 e. The van der Waals surface area contributed by atoms with Gasteiger partial charge in [-0.05, 0) is 6.42 Å². The van der Waals surface area contributed by atoms with Gasteiger partial charge in [0.1, 0.15) is 0 Å². The predicted molar refractivity (Wildman–Crippen MR) is 67.7 cm³/mol. The summed E-state index contributed by atoms with van der Waals surface area (Å²) < 4.78 is 5.74. The summed E-state index contributed by atoms with van der Waals surface area (Å²) in [6.45, 7) is 1.86. The molecule has 1 aromatic heterocycles. The molecule has 1 heterocycles. The Hall–Kier alpha value is -2.44. The van der Waals surface area contributed by atoms with Gasteiger partial charge in [-0.1, -0.05) is 13.0 Å². The molecule has 0 fully saturated rings. The van der Waals surface area contributed by atoms with E-state index in [4.69, 9.17) is 0 Å².